The van der Waals surface area contributed by atoms with E-state index in [0.29, 0.717) is 5.82 Å². The lowest BCUT2D eigenvalue weighted by atomic mass is 10.1. The van der Waals surface area contributed by atoms with Gasteiger partial charge in [0.1, 0.15) is 11.6 Å². The number of nitrogens with one attached hydrogen (secondary N) is 2. The highest BCUT2D eigenvalue weighted by Gasteiger charge is 2.07. The third kappa shape index (κ3) is 2.84. The van der Waals surface area contributed by atoms with Gasteiger partial charge in [-0.25, -0.2) is 0 Å². The van der Waals surface area contributed by atoms with Gasteiger partial charge in [-0.1, -0.05) is 12.1 Å². The summed E-state index contributed by atoms with van der Waals surface area (Å²) in [5, 5.41) is 18.4. The first kappa shape index (κ1) is 11.2. The lowest BCUT2D eigenvalue weighted by Crippen LogP contribution is -2.15. The lowest BCUT2D eigenvalue weighted by Gasteiger charge is -2.04. The quantitative estimate of drug-likeness (QED) is 0.750. The number of aromatic nitrogens is 2. The monoisotopic (exact) mass is 231 g/mol. The molecule has 5 heteroatoms. The van der Waals surface area contributed by atoms with E-state index in [1.807, 2.05) is 6.92 Å². The van der Waals surface area contributed by atoms with E-state index in [1.54, 1.807) is 30.5 Å². The van der Waals surface area contributed by atoms with E-state index in [9.17, 15) is 4.79 Å². The predicted molar refractivity (Wildman–Crippen MR) is 63.8 cm³/mol. The molecule has 0 radical (unpaired) electrons. The number of benzene rings is 1. The van der Waals surface area contributed by atoms with Crippen LogP contribution in [-0.4, -0.2) is 21.2 Å². The summed E-state index contributed by atoms with van der Waals surface area (Å²) in [5.41, 5.74) is 1.74. The molecule has 2 aromatic rings. The van der Waals surface area contributed by atoms with Gasteiger partial charge < -0.3 is 10.4 Å². The summed E-state index contributed by atoms with van der Waals surface area (Å²) in [7, 11) is 0. The summed E-state index contributed by atoms with van der Waals surface area (Å²) in [4.78, 5) is 11.7. The number of carbonyl (C=O) groups excluding carboxylic acids is 1. The molecular weight excluding hydrogens is 218 g/mol. The molecule has 0 spiro atoms. The van der Waals surface area contributed by atoms with Gasteiger partial charge in [0, 0.05) is 5.56 Å². The van der Waals surface area contributed by atoms with Crippen LogP contribution in [0.1, 0.15) is 11.1 Å². The molecule has 17 heavy (non-hydrogen) atoms. The molecule has 3 N–H and O–H groups in total. The molecule has 0 fully saturated rings. The summed E-state index contributed by atoms with van der Waals surface area (Å²) in [6.45, 7) is 1.86. The van der Waals surface area contributed by atoms with E-state index >= 15 is 0 Å². The van der Waals surface area contributed by atoms with E-state index < -0.39 is 0 Å². The van der Waals surface area contributed by atoms with Gasteiger partial charge in [0.2, 0.25) is 5.91 Å². The topological polar surface area (TPSA) is 78.0 Å². The number of phenols is 1. The first-order chi connectivity index (χ1) is 8.15. The zero-order valence-electron chi connectivity index (χ0n) is 9.40. The molecule has 0 aliphatic carbocycles. The molecule has 0 bridgehead atoms. The highest BCUT2D eigenvalue weighted by Crippen LogP contribution is 2.12. The Morgan fingerprint density at radius 2 is 2.12 bits per heavy atom. The fourth-order valence-electron chi connectivity index (χ4n) is 1.46. The standard InChI is InChI=1S/C12H13N3O2/c1-8-7-13-15-12(8)14-11(17)6-9-2-4-10(16)5-3-9/h2-5,7,16H,6H2,1H3,(H2,13,14,15,17). The van der Waals surface area contributed by atoms with Crippen LogP contribution >= 0.6 is 0 Å². The largest absolute Gasteiger partial charge is 0.508 e. The fourth-order valence-corrected chi connectivity index (χ4v) is 1.46. The molecule has 0 saturated heterocycles. The smallest absolute Gasteiger partial charge is 0.229 e. The zero-order chi connectivity index (χ0) is 12.3. The van der Waals surface area contributed by atoms with Crippen molar-refractivity contribution < 1.29 is 9.90 Å². The number of hydrogen-bond acceptors (Lipinski definition) is 3. The Labute approximate surface area is 98.5 Å². The van der Waals surface area contributed by atoms with Crippen LogP contribution in [0.3, 0.4) is 0 Å². The maximum Gasteiger partial charge on any atom is 0.229 e. The minimum absolute atomic E-state index is 0.122. The number of aryl methyl sites for hydroxylation is 1. The normalized spacial score (nSPS) is 10.2. The number of rotatable bonds is 3. The van der Waals surface area contributed by atoms with Crippen LogP contribution in [-0.2, 0) is 11.2 Å². The molecule has 5 nitrogen and oxygen atoms in total. The van der Waals surface area contributed by atoms with Gasteiger partial charge in [-0.15, -0.1) is 0 Å². The number of aromatic amines is 1. The van der Waals surface area contributed by atoms with E-state index in [2.05, 4.69) is 15.5 Å². The highest BCUT2D eigenvalue weighted by atomic mass is 16.3. The number of nitrogens with zero attached hydrogens (tertiary/aromatic N) is 1. The van der Waals surface area contributed by atoms with Crippen LogP contribution < -0.4 is 5.32 Å². The van der Waals surface area contributed by atoms with Crippen LogP contribution in [0.2, 0.25) is 0 Å². The lowest BCUT2D eigenvalue weighted by molar-refractivity contribution is -0.115. The Hall–Kier alpha value is -2.30. The average Bonchev–Trinajstić information content (AvgIpc) is 2.68. The van der Waals surface area contributed by atoms with Gasteiger partial charge in [-0.2, -0.15) is 5.10 Å². The number of carbonyl (C=O) groups is 1. The third-order valence-electron chi connectivity index (χ3n) is 2.39. The number of H-pyrrole nitrogens is 1. The molecule has 1 amide bonds. The Morgan fingerprint density at radius 1 is 1.41 bits per heavy atom. The maximum absolute atomic E-state index is 11.7. The van der Waals surface area contributed by atoms with Gasteiger partial charge in [-0.05, 0) is 24.6 Å². The summed E-state index contributed by atoms with van der Waals surface area (Å²) >= 11 is 0. The summed E-state index contributed by atoms with van der Waals surface area (Å²) in [5.74, 6) is 0.690. The van der Waals surface area contributed by atoms with Crippen molar-refractivity contribution in [2.75, 3.05) is 5.32 Å². The van der Waals surface area contributed by atoms with E-state index in [-0.39, 0.29) is 18.1 Å². The molecule has 1 heterocycles. The second kappa shape index (κ2) is 4.69. The molecule has 1 aromatic carbocycles. The van der Waals surface area contributed by atoms with Crippen LogP contribution in [0.15, 0.2) is 30.5 Å². The minimum atomic E-state index is -0.122. The second-order valence-electron chi connectivity index (χ2n) is 3.82. The first-order valence-corrected chi connectivity index (χ1v) is 5.23. The fraction of sp³-hybridized carbons (Fsp3) is 0.167. The van der Waals surface area contributed by atoms with Crippen molar-refractivity contribution >= 4 is 11.7 Å². The molecule has 0 aliphatic rings. The van der Waals surface area contributed by atoms with Crippen molar-refractivity contribution in [2.45, 2.75) is 13.3 Å². The van der Waals surface area contributed by atoms with Crippen LogP contribution in [0, 0.1) is 6.92 Å². The number of anilines is 1. The average molecular weight is 231 g/mol. The highest BCUT2D eigenvalue weighted by molar-refractivity contribution is 5.91. The van der Waals surface area contributed by atoms with Crippen LogP contribution in [0.4, 0.5) is 5.82 Å². The van der Waals surface area contributed by atoms with Crippen molar-refractivity contribution in [1.82, 2.24) is 10.2 Å². The number of aromatic hydroxyl groups is 1. The molecule has 0 aliphatic heterocycles. The molecule has 88 valence electrons. The zero-order valence-corrected chi connectivity index (χ0v) is 9.40. The molecular formula is C12H13N3O2. The SMILES string of the molecule is Cc1cn[nH]c1NC(=O)Cc1ccc(O)cc1. The molecule has 2 rings (SSSR count). The van der Waals surface area contributed by atoms with Gasteiger partial charge >= 0.3 is 0 Å². The molecule has 0 atom stereocenters. The van der Waals surface area contributed by atoms with Crippen molar-refractivity contribution in [3.05, 3.63) is 41.6 Å². The van der Waals surface area contributed by atoms with E-state index in [1.165, 1.54) is 0 Å². The van der Waals surface area contributed by atoms with E-state index in [0.717, 1.165) is 11.1 Å². The number of hydrogen-bond donors (Lipinski definition) is 3. The first-order valence-electron chi connectivity index (χ1n) is 5.23. The third-order valence-corrected chi connectivity index (χ3v) is 2.39. The van der Waals surface area contributed by atoms with Crippen molar-refractivity contribution in [1.29, 1.82) is 0 Å². The van der Waals surface area contributed by atoms with E-state index in [4.69, 9.17) is 5.11 Å². The number of amides is 1. The van der Waals surface area contributed by atoms with Crippen LogP contribution in [0.5, 0.6) is 5.75 Å². The second-order valence-corrected chi connectivity index (χ2v) is 3.82. The van der Waals surface area contributed by atoms with Gasteiger partial charge in [-0.3, -0.25) is 9.89 Å². The van der Waals surface area contributed by atoms with Gasteiger partial charge in [0.25, 0.3) is 0 Å². The van der Waals surface area contributed by atoms with Crippen molar-refractivity contribution in [2.24, 2.45) is 0 Å². The molecule has 0 unspecified atom stereocenters. The van der Waals surface area contributed by atoms with Crippen molar-refractivity contribution in [3.8, 4) is 5.75 Å². The Bertz CT molecular complexity index is 517. The van der Waals surface area contributed by atoms with Gasteiger partial charge in [0.15, 0.2) is 0 Å². The summed E-state index contributed by atoms with van der Waals surface area (Å²) < 4.78 is 0. The maximum atomic E-state index is 11.7. The Balaban J connectivity index is 1.98. The molecule has 0 saturated carbocycles. The molecule has 1 aromatic heterocycles. The van der Waals surface area contributed by atoms with Gasteiger partial charge in [0.05, 0.1) is 12.6 Å². The summed E-state index contributed by atoms with van der Waals surface area (Å²) in [6.07, 6.45) is 1.91. The number of phenolic OH excluding ortho intramolecular Hbond substituents is 1. The predicted octanol–water partition coefficient (Wildman–Crippen LogP) is 1.60. The summed E-state index contributed by atoms with van der Waals surface area (Å²) in [6, 6.07) is 6.55. The minimum Gasteiger partial charge on any atom is -0.508 e. The Morgan fingerprint density at radius 3 is 2.71 bits per heavy atom. The van der Waals surface area contributed by atoms with Crippen LogP contribution in [0.25, 0.3) is 0 Å². The Kier molecular flexibility index (Phi) is 3.09. The van der Waals surface area contributed by atoms with Crippen molar-refractivity contribution in [3.63, 3.8) is 0 Å².